The number of nitrogens with one attached hydrogen (secondary N) is 2. The van der Waals surface area contributed by atoms with E-state index in [1.54, 1.807) is 12.1 Å². The van der Waals surface area contributed by atoms with Crippen molar-refractivity contribution in [3.63, 3.8) is 0 Å². The van der Waals surface area contributed by atoms with Crippen LogP contribution in [0.4, 0.5) is 5.69 Å². The first kappa shape index (κ1) is 29.2. The van der Waals surface area contributed by atoms with E-state index >= 15 is 0 Å². The lowest BCUT2D eigenvalue weighted by Gasteiger charge is -2.61. The van der Waals surface area contributed by atoms with Gasteiger partial charge in [-0.05, 0) is 91.8 Å². The number of nitrogens with zero attached hydrogens (tertiary/aromatic N) is 2. The van der Waals surface area contributed by atoms with Crippen molar-refractivity contribution in [2.24, 2.45) is 28.2 Å². The molecule has 216 valence electrons. The lowest BCUT2D eigenvalue weighted by atomic mass is 9.45. The molecule has 8 heteroatoms. The minimum atomic E-state index is -0.354. The van der Waals surface area contributed by atoms with Crippen molar-refractivity contribution in [3.8, 4) is 0 Å². The van der Waals surface area contributed by atoms with Gasteiger partial charge in [-0.25, -0.2) is 9.79 Å². The van der Waals surface area contributed by atoms with Crippen LogP contribution in [0.1, 0.15) is 63.4 Å². The average molecular weight is 586 g/mol. The average Bonchev–Trinajstić information content (AvgIpc) is 2.90. The Hall–Kier alpha value is -2.28. The third-order valence-corrected chi connectivity index (χ3v) is 10.0. The predicted molar refractivity (Wildman–Crippen MR) is 165 cm³/mol. The second-order valence-electron chi connectivity index (χ2n) is 12.7. The highest BCUT2D eigenvalue weighted by Gasteiger charge is 2.56. The number of aliphatic imine (C=N–C) groups is 1. The van der Waals surface area contributed by atoms with Crippen LogP contribution in [0.25, 0.3) is 0 Å². The number of hydrogen-bond donors (Lipinski definition) is 2. The van der Waals surface area contributed by atoms with E-state index in [1.165, 1.54) is 6.42 Å². The molecule has 2 aromatic rings. The zero-order valence-corrected chi connectivity index (χ0v) is 25.7. The van der Waals surface area contributed by atoms with Crippen LogP contribution in [-0.2, 0) is 11.2 Å². The van der Waals surface area contributed by atoms with Crippen LogP contribution < -0.4 is 10.6 Å². The molecule has 3 aliphatic carbocycles. The summed E-state index contributed by atoms with van der Waals surface area (Å²) in [5, 5.41) is 8.41. The second kappa shape index (κ2) is 11.9. The molecule has 2 aromatic carbocycles. The van der Waals surface area contributed by atoms with E-state index in [0.717, 1.165) is 48.6 Å². The maximum absolute atomic E-state index is 12.7. The quantitative estimate of drug-likeness (QED) is 0.219. The van der Waals surface area contributed by atoms with Gasteiger partial charge in [-0.3, -0.25) is 0 Å². The number of guanidine groups is 1. The Balaban J connectivity index is 1.25. The van der Waals surface area contributed by atoms with Gasteiger partial charge in [0.1, 0.15) is 0 Å². The van der Waals surface area contributed by atoms with Gasteiger partial charge in [0.05, 0.1) is 18.2 Å². The van der Waals surface area contributed by atoms with Crippen molar-refractivity contribution in [3.05, 3.63) is 63.6 Å². The SMILES string of the molecule is C[C@@H]1[C@@H](/N=C(/Nc2ccc(C(=O)OCCc3ccc(Cl)cc3Cl)cc2)N2C[C@@H](C)N[C@@H](C)C2)C[C@H]2C[C@@H]1C2(C)C. The molecular weight excluding hydrogens is 543 g/mol. The number of hydrogen-bond acceptors (Lipinski definition) is 4. The van der Waals surface area contributed by atoms with Gasteiger partial charge in [-0.15, -0.1) is 0 Å². The van der Waals surface area contributed by atoms with Crippen molar-refractivity contribution in [1.29, 1.82) is 0 Å². The van der Waals surface area contributed by atoms with Gasteiger partial charge >= 0.3 is 5.97 Å². The van der Waals surface area contributed by atoms with Crippen molar-refractivity contribution in [2.45, 2.75) is 72.0 Å². The molecule has 1 aliphatic heterocycles. The van der Waals surface area contributed by atoms with Gasteiger partial charge < -0.3 is 20.3 Å². The minimum Gasteiger partial charge on any atom is -0.462 e. The highest BCUT2D eigenvalue weighted by Crippen LogP contribution is 2.61. The molecule has 6 nitrogen and oxygen atoms in total. The molecule has 3 saturated carbocycles. The lowest BCUT2D eigenvalue weighted by Crippen LogP contribution is -2.59. The van der Waals surface area contributed by atoms with E-state index in [0.29, 0.717) is 51.5 Å². The molecule has 0 unspecified atom stereocenters. The molecule has 2 N–H and O–H groups in total. The number of piperazine rings is 1. The van der Waals surface area contributed by atoms with Gasteiger partial charge in [0, 0.05) is 47.3 Å². The van der Waals surface area contributed by atoms with Gasteiger partial charge in [-0.1, -0.05) is 50.0 Å². The number of anilines is 1. The Morgan fingerprint density at radius 3 is 2.40 bits per heavy atom. The van der Waals surface area contributed by atoms with Crippen LogP contribution >= 0.6 is 23.2 Å². The van der Waals surface area contributed by atoms with Crippen LogP contribution in [0.5, 0.6) is 0 Å². The van der Waals surface area contributed by atoms with Gasteiger partial charge in [0.15, 0.2) is 5.96 Å². The summed E-state index contributed by atoms with van der Waals surface area (Å²) in [6.45, 7) is 13.7. The molecule has 0 spiro atoms. The largest absolute Gasteiger partial charge is 0.462 e. The summed E-state index contributed by atoms with van der Waals surface area (Å²) in [7, 11) is 0. The fraction of sp³-hybridized carbons (Fsp3) is 0.562. The zero-order valence-electron chi connectivity index (χ0n) is 24.2. The standard InChI is InChI=1S/C32H42Cl2N4O2/c1-19-17-38(18-20(2)35-19)31(37-29-15-24-14-27(21(29)3)32(24,4)5)36-26-10-7-23(8-11-26)30(39)40-13-12-22-6-9-25(33)16-28(22)34/h6-11,16,19-21,24,27,29,35H,12-15,17-18H2,1-5H3,(H,36,37)/t19-,20+,21-,24+,27-,29-/m0/s1. The van der Waals surface area contributed by atoms with Crippen molar-refractivity contribution in [2.75, 3.05) is 25.0 Å². The highest BCUT2D eigenvalue weighted by molar-refractivity contribution is 6.35. The van der Waals surface area contributed by atoms with E-state index in [2.05, 4.69) is 50.2 Å². The van der Waals surface area contributed by atoms with E-state index < -0.39 is 0 Å². The number of ether oxygens (including phenoxy) is 1. The van der Waals surface area contributed by atoms with Gasteiger partial charge in [0.2, 0.25) is 0 Å². The summed E-state index contributed by atoms with van der Waals surface area (Å²) in [6, 6.07) is 13.9. The van der Waals surface area contributed by atoms with E-state index in [9.17, 15) is 4.79 Å². The lowest BCUT2D eigenvalue weighted by molar-refractivity contribution is -0.108. The molecule has 4 aliphatic rings. The molecule has 40 heavy (non-hydrogen) atoms. The zero-order chi connectivity index (χ0) is 28.6. The number of carbonyl (C=O) groups is 1. The number of carbonyl (C=O) groups excluding carboxylic acids is 1. The van der Waals surface area contributed by atoms with E-state index in [-0.39, 0.29) is 12.6 Å². The molecule has 0 aromatic heterocycles. The number of esters is 1. The molecule has 2 bridgehead atoms. The van der Waals surface area contributed by atoms with Crippen LogP contribution in [0.2, 0.25) is 10.0 Å². The minimum absolute atomic E-state index is 0.245. The first-order chi connectivity index (χ1) is 19.0. The summed E-state index contributed by atoms with van der Waals surface area (Å²) < 4.78 is 5.51. The summed E-state index contributed by atoms with van der Waals surface area (Å²) in [5.41, 5.74) is 2.76. The van der Waals surface area contributed by atoms with Crippen molar-refractivity contribution >= 4 is 40.8 Å². The Morgan fingerprint density at radius 1 is 1.07 bits per heavy atom. The summed E-state index contributed by atoms with van der Waals surface area (Å²) in [4.78, 5) is 20.4. The monoisotopic (exact) mass is 584 g/mol. The highest BCUT2D eigenvalue weighted by atomic mass is 35.5. The molecular formula is C32H42Cl2N4O2. The predicted octanol–water partition coefficient (Wildman–Crippen LogP) is 6.91. The molecule has 1 heterocycles. The Kier molecular flexibility index (Phi) is 8.70. The van der Waals surface area contributed by atoms with Crippen molar-refractivity contribution < 1.29 is 9.53 Å². The van der Waals surface area contributed by atoms with E-state index in [1.807, 2.05) is 30.3 Å². The third kappa shape index (κ3) is 6.29. The maximum atomic E-state index is 12.7. The number of benzene rings is 2. The number of rotatable bonds is 6. The fourth-order valence-corrected chi connectivity index (χ4v) is 7.53. The van der Waals surface area contributed by atoms with Gasteiger partial charge in [0.25, 0.3) is 0 Å². The second-order valence-corrected chi connectivity index (χ2v) is 13.5. The van der Waals surface area contributed by atoms with Crippen LogP contribution in [0.15, 0.2) is 47.5 Å². The fourth-order valence-electron chi connectivity index (χ4n) is 7.02. The van der Waals surface area contributed by atoms with E-state index in [4.69, 9.17) is 32.9 Å². The number of fused-ring (bicyclic) bond motifs is 2. The first-order valence-electron chi connectivity index (χ1n) is 14.6. The molecule has 1 saturated heterocycles. The van der Waals surface area contributed by atoms with Crippen LogP contribution in [-0.4, -0.2) is 54.7 Å². The van der Waals surface area contributed by atoms with Crippen molar-refractivity contribution in [1.82, 2.24) is 10.2 Å². The molecule has 0 amide bonds. The number of halogens is 2. The topological polar surface area (TPSA) is 66.0 Å². The third-order valence-electron chi connectivity index (χ3n) is 9.46. The van der Waals surface area contributed by atoms with Gasteiger partial charge in [-0.2, -0.15) is 0 Å². The van der Waals surface area contributed by atoms with Crippen LogP contribution in [0, 0.1) is 23.2 Å². The summed E-state index contributed by atoms with van der Waals surface area (Å²) in [5.74, 6) is 2.64. The maximum Gasteiger partial charge on any atom is 0.338 e. The Bertz CT molecular complexity index is 1240. The molecule has 4 fully saturated rings. The molecule has 6 rings (SSSR count). The normalized spacial score (nSPS) is 29.5. The Labute approximate surface area is 248 Å². The molecule has 6 atom stereocenters. The van der Waals surface area contributed by atoms with Crippen LogP contribution in [0.3, 0.4) is 0 Å². The summed E-state index contributed by atoms with van der Waals surface area (Å²) >= 11 is 12.2. The summed E-state index contributed by atoms with van der Waals surface area (Å²) in [6.07, 6.45) is 3.02. The smallest absolute Gasteiger partial charge is 0.338 e. The molecule has 0 radical (unpaired) electrons. The Morgan fingerprint density at radius 2 is 1.77 bits per heavy atom. The first-order valence-corrected chi connectivity index (χ1v) is 15.3.